The minimum atomic E-state index is 0.00750. The third kappa shape index (κ3) is 13.8. The molecule has 0 N–H and O–H groups in total. The van der Waals surface area contributed by atoms with Crippen LogP contribution in [0.25, 0.3) is 71.0 Å². The Labute approximate surface area is 486 Å². The van der Waals surface area contributed by atoms with Crippen LogP contribution < -0.4 is 0 Å². The van der Waals surface area contributed by atoms with Gasteiger partial charge in [-0.15, -0.1) is 74.4 Å². The summed E-state index contributed by atoms with van der Waals surface area (Å²) in [7, 11) is 0. The Kier molecular flexibility index (Phi) is 20.7. The van der Waals surface area contributed by atoms with Gasteiger partial charge in [-0.1, -0.05) is 160 Å². The lowest BCUT2D eigenvalue weighted by atomic mass is 9.70. The zero-order valence-corrected chi connectivity index (χ0v) is 51.0. The maximum absolute atomic E-state index is 5.38. The van der Waals surface area contributed by atoms with E-state index in [-0.39, 0.29) is 5.41 Å². The Bertz CT molecular complexity index is 3450. The van der Waals surface area contributed by atoms with E-state index in [0.29, 0.717) is 0 Å². The second-order valence-electron chi connectivity index (χ2n) is 21.0. The van der Waals surface area contributed by atoms with Crippen molar-refractivity contribution >= 4 is 68.0 Å². The molecule has 8 aromatic rings. The van der Waals surface area contributed by atoms with Gasteiger partial charge in [0.15, 0.2) is 0 Å². The molecule has 0 fully saturated rings. The van der Waals surface area contributed by atoms with Crippen LogP contribution in [0.1, 0.15) is 181 Å². The summed E-state index contributed by atoms with van der Waals surface area (Å²) < 4.78 is 0. The Balaban J connectivity index is 1.07. The highest BCUT2D eigenvalue weighted by molar-refractivity contribution is 7.30. The molecule has 394 valence electrons. The molecule has 1 aliphatic carbocycles. The molecule has 2 aromatic carbocycles. The van der Waals surface area contributed by atoms with E-state index in [4.69, 9.17) is 6.42 Å². The van der Waals surface area contributed by atoms with Gasteiger partial charge in [0.1, 0.15) is 0 Å². The summed E-state index contributed by atoms with van der Waals surface area (Å²) in [5, 5.41) is 0. The molecule has 0 saturated heterocycles. The van der Waals surface area contributed by atoms with Crippen LogP contribution in [-0.4, -0.2) is 0 Å². The molecule has 0 bridgehead atoms. The molecule has 0 atom stereocenters. The summed E-state index contributed by atoms with van der Waals surface area (Å²) in [6.07, 6.45) is 32.1. The van der Waals surface area contributed by atoms with Crippen LogP contribution in [0.4, 0.5) is 0 Å². The smallest absolute Gasteiger partial charge is 0.0609 e. The molecule has 6 heteroatoms. The standard InChI is InChI=1S/C71H74S6/c1-7-11-15-19-23-27-31-57-58(32-28-24-20-16-12-8-2)70(77-69(57)67-45-43-64(75-67)63-40-34-52(6)73-63)68-46-44-66(76-68)65-42-41-62(74-65)54-36-38-56-55-37-35-53(61-39-33-51(5)72-61)49-59(55)71(60(56)50-54,47-29-25-21-17-13-9-3)48-30-26-22-18-14-10-4/h1,33-46,49-50H,8-10,12-14,16-18,20-22,24-26,28-30,32,47-48H2,2-6H3. The number of aryl methyl sites for hydroxylation is 2. The number of unbranched alkanes of at least 4 members (excludes halogenated alkanes) is 15. The van der Waals surface area contributed by atoms with Gasteiger partial charge in [-0.3, -0.25) is 0 Å². The molecule has 77 heavy (non-hydrogen) atoms. The predicted molar refractivity (Wildman–Crippen MR) is 346 cm³/mol. The summed E-state index contributed by atoms with van der Waals surface area (Å²) >= 11 is 11.4. The third-order valence-corrected chi connectivity index (χ3v) is 22.7. The molecule has 6 aromatic heterocycles. The Morgan fingerprint density at radius 1 is 0.390 bits per heavy atom. The highest BCUT2D eigenvalue weighted by Crippen LogP contribution is 2.57. The van der Waals surface area contributed by atoms with E-state index in [1.54, 1.807) is 11.1 Å². The summed E-state index contributed by atoms with van der Waals surface area (Å²) in [5.41, 5.74) is 11.3. The van der Waals surface area contributed by atoms with E-state index in [1.165, 1.54) is 208 Å². The number of rotatable bonds is 27. The fourth-order valence-corrected chi connectivity index (χ4v) is 17.8. The molecule has 0 aliphatic heterocycles. The van der Waals surface area contributed by atoms with Gasteiger partial charge >= 0.3 is 0 Å². The Hall–Kier alpha value is -5.12. The van der Waals surface area contributed by atoms with Crippen LogP contribution in [-0.2, 0) is 11.8 Å². The highest BCUT2D eigenvalue weighted by atomic mass is 32.1. The van der Waals surface area contributed by atoms with Crippen LogP contribution >= 0.6 is 68.0 Å². The quantitative estimate of drug-likeness (QED) is 0.0356. The lowest BCUT2D eigenvalue weighted by Crippen LogP contribution is -2.25. The molecule has 9 rings (SSSR count). The van der Waals surface area contributed by atoms with Crippen molar-refractivity contribution in [2.75, 3.05) is 0 Å². The van der Waals surface area contributed by atoms with Crippen molar-refractivity contribution in [2.45, 2.75) is 175 Å². The average Bonchev–Trinajstić information content (AvgIpc) is 4.34. The van der Waals surface area contributed by atoms with Crippen molar-refractivity contribution in [1.82, 2.24) is 0 Å². The van der Waals surface area contributed by atoms with Crippen molar-refractivity contribution in [1.29, 1.82) is 0 Å². The van der Waals surface area contributed by atoms with Gasteiger partial charge in [0, 0.05) is 64.6 Å². The lowest BCUT2D eigenvalue weighted by molar-refractivity contribution is 0.398. The minimum Gasteiger partial charge on any atom is -0.141 e. The maximum Gasteiger partial charge on any atom is 0.0609 e. The van der Waals surface area contributed by atoms with Crippen LogP contribution in [0.3, 0.4) is 0 Å². The molecule has 0 nitrogen and oxygen atoms in total. The second-order valence-corrected chi connectivity index (χ2v) is 27.8. The van der Waals surface area contributed by atoms with Gasteiger partial charge in [-0.05, 0) is 187 Å². The lowest BCUT2D eigenvalue weighted by Gasteiger charge is -2.33. The molecule has 0 amide bonds. The van der Waals surface area contributed by atoms with Crippen molar-refractivity contribution in [3.8, 4) is 119 Å². The van der Waals surface area contributed by atoms with Gasteiger partial charge in [0.25, 0.3) is 0 Å². The maximum atomic E-state index is 5.38. The van der Waals surface area contributed by atoms with Gasteiger partial charge in [0.05, 0.1) is 4.88 Å². The molecule has 0 radical (unpaired) electrons. The zero-order valence-electron chi connectivity index (χ0n) is 46.1. The zero-order chi connectivity index (χ0) is 53.4. The first-order valence-electron chi connectivity index (χ1n) is 28.7. The molecular weight excluding hydrogens is 1050 g/mol. The summed E-state index contributed by atoms with van der Waals surface area (Å²) in [5.74, 6) is 20.3. The van der Waals surface area contributed by atoms with Crippen molar-refractivity contribution in [2.24, 2.45) is 0 Å². The molecule has 0 unspecified atom stereocenters. The largest absolute Gasteiger partial charge is 0.141 e. The van der Waals surface area contributed by atoms with Crippen molar-refractivity contribution in [3.05, 3.63) is 129 Å². The summed E-state index contributed by atoms with van der Waals surface area (Å²) in [6.45, 7) is 11.4. The normalized spacial score (nSPS) is 12.1. The average molecular weight is 1120 g/mol. The van der Waals surface area contributed by atoms with E-state index in [9.17, 15) is 0 Å². The fourth-order valence-electron chi connectivity index (χ4n) is 11.4. The van der Waals surface area contributed by atoms with Crippen LogP contribution in [0.2, 0.25) is 0 Å². The van der Waals surface area contributed by atoms with Gasteiger partial charge in [-0.25, -0.2) is 0 Å². The summed E-state index contributed by atoms with van der Waals surface area (Å²) in [6, 6.07) is 38.2. The molecule has 1 aliphatic rings. The fraction of sp³-hybridized carbons (Fsp3) is 0.380. The first kappa shape index (κ1) is 56.6. The number of terminal acetylenes is 1. The Morgan fingerprint density at radius 3 is 1.34 bits per heavy atom. The molecule has 6 heterocycles. The number of fused-ring (bicyclic) bond motifs is 3. The number of thiophene rings is 6. The predicted octanol–water partition coefficient (Wildman–Crippen LogP) is 23.3. The SMILES string of the molecule is C#CC#CC#CC#Cc1c(-c2ccc(-c3ccc(C)s3)s2)sc(-c2ccc(-c3ccc(-c4ccc5c(c4)C(CCCCCCCC)(CCCCCCCC)c4cc(-c6ccc(C)s6)ccc4-5)s3)s2)c1CCCCCCCC. The highest BCUT2D eigenvalue weighted by Gasteiger charge is 2.43. The van der Waals surface area contributed by atoms with Crippen molar-refractivity contribution in [3.63, 3.8) is 0 Å². The summed E-state index contributed by atoms with van der Waals surface area (Å²) in [4.78, 5) is 15.8. The number of benzene rings is 2. The van der Waals surface area contributed by atoms with E-state index < -0.39 is 0 Å². The second kappa shape index (κ2) is 28.2. The van der Waals surface area contributed by atoms with Gasteiger partial charge < -0.3 is 0 Å². The first-order valence-corrected chi connectivity index (χ1v) is 33.6. The first-order chi connectivity index (χ1) is 37.8. The molecular formula is C71H74S6. The third-order valence-electron chi connectivity index (χ3n) is 15.4. The Morgan fingerprint density at radius 2 is 0.805 bits per heavy atom. The van der Waals surface area contributed by atoms with E-state index in [1.807, 2.05) is 68.0 Å². The van der Waals surface area contributed by atoms with Gasteiger partial charge in [-0.2, -0.15) is 0 Å². The topological polar surface area (TPSA) is 0 Å². The number of hydrogen-bond acceptors (Lipinski definition) is 6. The minimum absolute atomic E-state index is 0.00750. The molecule has 0 spiro atoms. The van der Waals surface area contributed by atoms with Crippen LogP contribution in [0.15, 0.2) is 97.1 Å². The van der Waals surface area contributed by atoms with Crippen molar-refractivity contribution < 1.29 is 0 Å². The van der Waals surface area contributed by atoms with Crippen LogP contribution in [0, 0.1) is 61.7 Å². The van der Waals surface area contributed by atoms with E-state index in [2.05, 4.69) is 173 Å². The van der Waals surface area contributed by atoms with E-state index >= 15 is 0 Å². The van der Waals surface area contributed by atoms with Crippen LogP contribution in [0.5, 0.6) is 0 Å². The number of hydrogen-bond donors (Lipinski definition) is 0. The monoisotopic (exact) mass is 1120 g/mol. The van der Waals surface area contributed by atoms with E-state index in [0.717, 1.165) is 18.4 Å². The van der Waals surface area contributed by atoms with Gasteiger partial charge in [0.2, 0.25) is 0 Å². The molecule has 0 saturated carbocycles.